The van der Waals surface area contributed by atoms with Crippen molar-refractivity contribution in [2.75, 3.05) is 0 Å². The first-order valence-corrected chi connectivity index (χ1v) is 6.48. The van der Waals surface area contributed by atoms with Gasteiger partial charge in [0.15, 0.2) is 0 Å². The second kappa shape index (κ2) is 5.05. The Morgan fingerprint density at radius 1 is 1.35 bits per heavy atom. The van der Waals surface area contributed by atoms with Crippen LogP contribution in [-0.2, 0) is 26.0 Å². The topological polar surface area (TPSA) is 42.2 Å². The fourth-order valence-corrected chi connectivity index (χ4v) is 2.62. The summed E-state index contributed by atoms with van der Waals surface area (Å²) in [5, 5.41) is 9.27. The molecule has 0 radical (unpaired) electrons. The molecule has 1 aliphatic rings. The van der Waals surface area contributed by atoms with Crippen molar-refractivity contribution in [2.24, 2.45) is 5.92 Å². The van der Waals surface area contributed by atoms with Gasteiger partial charge in [-0.05, 0) is 43.2 Å². The van der Waals surface area contributed by atoms with Crippen molar-refractivity contribution in [3.05, 3.63) is 33.2 Å². The second-order valence-corrected chi connectivity index (χ2v) is 5.32. The highest BCUT2D eigenvalue weighted by Crippen LogP contribution is 2.21. The van der Waals surface area contributed by atoms with Gasteiger partial charge in [-0.3, -0.25) is 4.79 Å². The molecule has 0 aromatic carbocycles. The molecule has 1 N–H and O–H groups in total. The van der Waals surface area contributed by atoms with E-state index in [1.807, 2.05) is 10.6 Å². The number of nitrogens with zero attached hydrogens (tertiary/aromatic N) is 1. The molecule has 0 atom stereocenters. The monoisotopic (exact) mass is 235 g/mol. The number of rotatable bonds is 3. The largest absolute Gasteiger partial charge is 0.391 e. The summed E-state index contributed by atoms with van der Waals surface area (Å²) in [6.45, 7) is 4.85. The molecular weight excluding hydrogens is 214 g/mol. The third kappa shape index (κ3) is 2.44. The van der Waals surface area contributed by atoms with Crippen LogP contribution in [0.2, 0.25) is 0 Å². The van der Waals surface area contributed by atoms with Crippen LogP contribution in [0.25, 0.3) is 0 Å². The van der Waals surface area contributed by atoms with Gasteiger partial charge in [0.25, 0.3) is 5.56 Å². The fourth-order valence-electron chi connectivity index (χ4n) is 2.62. The number of aromatic nitrogens is 1. The van der Waals surface area contributed by atoms with Crippen LogP contribution >= 0.6 is 0 Å². The SMILES string of the molecule is CC(C)Cn1c2c(cc(CO)c1=O)CCCC2. The van der Waals surface area contributed by atoms with Crippen LogP contribution in [0.3, 0.4) is 0 Å². The lowest BCUT2D eigenvalue weighted by Gasteiger charge is -2.23. The van der Waals surface area contributed by atoms with E-state index in [4.69, 9.17) is 0 Å². The van der Waals surface area contributed by atoms with Gasteiger partial charge in [-0.25, -0.2) is 0 Å². The maximum Gasteiger partial charge on any atom is 0.256 e. The molecule has 17 heavy (non-hydrogen) atoms. The van der Waals surface area contributed by atoms with E-state index in [-0.39, 0.29) is 12.2 Å². The van der Waals surface area contributed by atoms with E-state index >= 15 is 0 Å². The van der Waals surface area contributed by atoms with Gasteiger partial charge < -0.3 is 9.67 Å². The van der Waals surface area contributed by atoms with Crippen LogP contribution < -0.4 is 5.56 Å². The highest BCUT2D eigenvalue weighted by Gasteiger charge is 2.17. The Balaban J connectivity index is 2.55. The quantitative estimate of drug-likeness (QED) is 0.869. The van der Waals surface area contributed by atoms with E-state index in [0.717, 1.165) is 19.4 Å². The zero-order valence-corrected chi connectivity index (χ0v) is 10.7. The predicted octanol–water partition coefficient (Wildman–Crippen LogP) is 1.88. The third-order valence-corrected chi connectivity index (χ3v) is 3.39. The first-order valence-electron chi connectivity index (χ1n) is 6.48. The van der Waals surface area contributed by atoms with Gasteiger partial charge in [0.05, 0.1) is 6.61 Å². The summed E-state index contributed by atoms with van der Waals surface area (Å²) >= 11 is 0. The summed E-state index contributed by atoms with van der Waals surface area (Å²) in [6, 6.07) is 1.91. The summed E-state index contributed by atoms with van der Waals surface area (Å²) in [5.41, 5.74) is 3.01. The van der Waals surface area contributed by atoms with Gasteiger partial charge in [-0.1, -0.05) is 13.8 Å². The van der Waals surface area contributed by atoms with Crippen LogP contribution in [0.1, 0.15) is 43.5 Å². The molecule has 2 rings (SSSR count). The van der Waals surface area contributed by atoms with Gasteiger partial charge in [-0.2, -0.15) is 0 Å². The standard InChI is InChI=1S/C14H21NO2/c1-10(2)8-15-13-6-4-3-5-11(13)7-12(9-16)14(15)17/h7,10,16H,3-6,8-9H2,1-2H3. The molecule has 0 bridgehead atoms. The summed E-state index contributed by atoms with van der Waals surface area (Å²) in [7, 11) is 0. The molecule has 1 aliphatic carbocycles. The van der Waals surface area contributed by atoms with Gasteiger partial charge in [0, 0.05) is 17.8 Å². The van der Waals surface area contributed by atoms with Crippen molar-refractivity contribution < 1.29 is 5.11 Å². The van der Waals surface area contributed by atoms with Gasteiger partial charge >= 0.3 is 0 Å². The van der Waals surface area contributed by atoms with E-state index in [1.54, 1.807) is 0 Å². The van der Waals surface area contributed by atoms with Gasteiger partial charge in [0.1, 0.15) is 0 Å². The molecular formula is C14H21NO2. The number of aryl methyl sites for hydroxylation is 1. The maximum absolute atomic E-state index is 12.2. The van der Waals surface area contributed by atoms with Crippen molar-refractivity contribution in [3.63, 3.8) is 0 Å². The van der Waals surface area contributed by atoms with E-state index < -0.39 is 0 Å². The van der Waals surface area contributed by atoms with Crippen molar-refractivity contribution in [2.45, 2.75) is 52.7 Å². The number of fused-ring (bicyclic) bond motifs is 1. The Kier molecular flexibility index (Phi) is 3.67. The van der Waals surface area contributed by atoms with Crippen LogP contribution in [-0.4, -0.2) is 9.67 Å². The Morgan fingerprint density at radius 2 is 2.06 bits per heavy atom. The highest BCUT2D eigenvalue weighted by molar-refractivity contribution is 5.28. The minimum Gasteiger partial charge on any atom is -0.391 e. The highest BCUT2D eigenvalue weighted by atomic mass is 16.3. The van der Waals surface area contributed by atoms with E-state index in [0.29, 0.717) is 11.5 Å². The Hall–Kier alpha value is -1.09. The van der Waals surface area contributed by atoms with Crippen LogP contribution in [0.5, 0.6) is 0 Å². The number of aliphatic hydroxyl groups excluding tert-OH is 1. The molecule has 3 nitrogen and oxygen atoms in total. The maximum atomic E-state index is 12.2. The number of pyridine rings is 1. The summed E-state index contributed by atoms with van der Waals surface area (Å²) < 4.78 is 1.89. The first kappa shape index (κ1) is 12.4. The molecule has 0 saturated heterocycles. The van der Waals surface area contributed by atoms with Gasteiger partial charge in [0.2, 0.25) is 0 Å². The van der Waals surface area contributed by atoms with Crippen LogP contribution in [0.4, 0.5) is 0 Å². The lowest BCUT2D eigenvalue weighted by molar-refractivity contribution is 0.278. The molecule has 1 aromatic rings. The van der Waals surface area contributed by atoms with Gasteiger partial charge in [-0.15, -0.1) is 0 Å². The first-order chi connectivity index (χ1) is 8.13. The summed E-state index contributed by atoms with van der Waals surface area (Å²) in [6.07, 6.45) is 4.41. The zero-order chi connectivity index (χ0) is 12.4. The van der Waals surface area contributed by atoms with Crippen molar-refractivity contribution >= 4 is 0 Å². The molecule has 0 fully saturated rings. The predicted molar refractivity (Wildman–Crippen MR) is 68.1 cm³/mol. The van der Waals surface area contributed by atoms with Crippen LogP contribution in [0.15, 0.2) is 10.9 Å². The Morgan fingerprint density at radius 3 is 2.71 bits per heavy atom. The normalized spacial score (nSPS) is 15.1. The number of hydrogen-bond acceptors (Lipinski definition) is 2. The lowest BCUT2D eigenvalue weighted by Crippen LogP contribution is -2.31. The van der Waals surface area contributed by atoms with E-state index in [9.17, 15) is 9.90 Å². The average molecular weight is 235 g/mol. The molecule has 0 saturated carbocycles. The smallest absolute Gasteiger partial charge is 0.256 e. The Bertz CT molecular complexity index is 460. The molecule has 3 heteroatoms. The number of hydrogen-bond donors (Lipinski definition) is 1. The molecule has 0 aliphatic heterocycles. The molecule has 1 heterocycles. The Labute approximate surface area is 102 Å². The van der Waals surface area contributed by atoms with Crippen molar-refractivity contribution in [1.82, 2.24) is 4.57 Å². The van der Waals surface area contributed by atoms with Crippen molar-refractivity contribution in [3.8, 4) is 0 Å². The van der Waals surface area contributed by atoms with E-state index in [1.165, 1.54) is 24.1 Å². The minimum absolute atomic E-state index is 0.00171. The molecule has 0 amide bonds. The second-order valence-electron chi connectivity index (χ2n) is 5.32. The number of aliphatic hydroxyl groups is 1. The summed E-state index contributed by atoms with van der Waals surface area (Å²) in [4.78, 5) is 12.2. The molecule has 0 spiro atoms. The molecule has 0 unspecified atom stereocenters. The van der Waals surface area contributed by atoms with Crippen LogP contribution in [0, 0.1) is 5.92 Å². The lowest BCUT2D eigenvalue weighted by atomic mass is 9.94. The minimum atomic E-state index is -0.149. The molecule has 94 valence electrons. The summed E-state index contributed by atoms with van der Waals surface area (Å²) in [5.74, 6) is 0.452. The third-order valence-electron chi connectivity index (χ3n) is 3.39. The molecule has 1 aromatic heterocycles. The van der Waals surface area contributed by atoms with Crippen molar-refractivity contribution in [1.29, 1.82) is 0 Å². The van der Waals surface area contributed by atoms with E-state index in [2.05, 4.69) is 13.8 Å². The zero-order valence-electron chi connectivity index (χ0n) is 10.7. The fraction of sp³-hybridized carbons (Fsp3) is 0.643. The average Bonchev–Trinajstić information content (AvgIpc) is 2.32.